The molecule has 5 heteroatoms. The zero-order valence-electron chi connectivity index (χ0n) is 11.1. The molecule has 1 saturated carbocycles. The largest absolute Gasteiger partial charge is 0.399 e. The summed E-state index contributed by atoms with van der Waals surface area (Å²) in [7, 11) is -3.46. The minimum Gasteiger partial charge on any atom is -0.399 e. The Morgan fingerprint density at radius 1 is 1.33 bits per heavy atom. The molecule has 0 aliphatic heterocycles. The molecule has 4 nitrogen and oxygen atoms in total. The van der Waals surface area contributed by atoms with Gasteiger partial charge in [-0.2, -0.15) is 0 Å². The summed E-state index contributed by atoms with van der Waals surface area (Å²) in [5.41, 5.74) is 8.02. The number of hydrogen-bond acceptors (Lipinski definition) is 3. The molecule has 0 unspecified atom stereocenters. The topological polar surface area (TPSA) is 72.2 Å². The summed E-state index contributed by atoms with van der Waals surface area (Å²) in [5, 5.41) is 0. The Labute approximate surface area is 109 Å². The van der Waals surface area contributed by atoms with Crippen LogP contribution >= 0.6 is 0 Å². The normalized spacial score (nSPS) is 17.7. The minimum absolute atomic E-state index is 0.149. The maximum atomic E-state index is 12.3. The predicted molar refractivity (Wildman–Crippen MR) is 72.9 cm³/mol. The van der Waals surface area contributed by atoms with Crippen molar-refractivity contribution in [2.24, 2.45) is 5.41 Å². The number of hydrogen-bond donors (Lipinski definition) is 2. The number of sulfonamides is 1. The summed E-state index contributed by atoms with van der Waals surface area (Å²) >= 11 is 0. The quantitative estimate of drug-likeness (QED) is 0.820. The van der Waals surface area contributed by atoms with E-state index in [1.54, 1.807) is 6.07 Å². The highest BCUT2D eigenvalue weighted by molar-refractivity contribution is 7.89. The van der Waals surface area contributed by atoms with Crippen molar-refractivity contribution in [1.82, 2.24) is 4.72 Å². The first kappa shape index (κ1) is 13.4. The Kier molecular flexibility index (Phi) is 3.15. The van der Waals surface area contributed by atoms with E-state index in [-0.39, 0.29) is 5.41 Å². The second kappa shape index (κ2) is 4.24. The third kappa shape index (κ3) is 2.67. The molecule has 3 N–H and O–H groups in total. The first-order chi connectivity index (χ1) is 8.23. The minimum atomic E-state index is -3.46. The maximum Gasteiger partial charge on any atom is 0.240 e. The van der Waals surface area contributed by atoms with Crippen molar-refractivity contribution in [2.75, 3.05) is 12.3 Å². The van der Waals surface area contributed by atoms with Gasteiger partial charge in [-0.25, -0.2) is 13.1 Å². The fraction of sp³-hybridized carbons (Fsp3) is 0.538. The van der Waals surface area contributed by atoms with Crippen molar-refractivity contribution in [1.29, 1.82) is 0 Å². The summed E-state index contributed by atoms with van der Waals surface area (Å²) in [6, 6.07) is 3.32. The van der Waals surface area contributed by atoms with E-state index in [9.17, 15) is 8.42 Å². The Hall–Kier alpha value is -1.07. The lowest BCUT2D eigenvalue weighted by molar-refractivity contribution is 0.530. The van der Waals surface area contributed by atoms with Crippen molar-refractivity contribution in [2.45, 2.75) is 38.5 Å². The van der Waals surface area contributed by atoms with Gasteiger partial charge in [-0.1, -0.05) is 6.92 Å². The first-order valence-electron chi connectivity index (χ1n) is 6.10. The van der Waals surface area contributed by atoms with E-state index >= 15 is 0 Å². The molecule has 1 aliphatic rings. The van der Waals surface area contributed by atoms with Crippen molar-refractivity contribution in [3.8, 4) is 0 Å². The highest BCUT2D eigenvalue weighted by Crippen LogP contribution is 2.44. The average Bonchev–Trinajstić information content (AvgIpc) is 3.00. The lowest BCUT2D eigenvalue weighted by Crippen LogP contribution is -2.29. The van der Waals surface area contributed by atoms with Gasteiger partial charge in [-0.05, 0) is 55.4 Å². The Balaban J connectivity index is 2.29. The molecule has 100 valence electrons. The van der Waals surface area contributed by atoms with Crippen LogP contribution in [0.3, 0.4) is 0 Å². The van der Waals surface area contributed by atoms with Crippen LogP contribution in [0.4, 0.5) is 5.69 Å². The van der Waals surface area contributed by atoms with Crippen LogP contribution in [0.5, 0.6) is 0 Å². The van der Waals surface area contributed by atoms with Gasteiger partial charge in [0.1, 0.15) is 0 Å². The Morgan fingerprint density at radius 2 is 1.94 bits per heavy atom. The molecular weight excluding hydrogens is 248 g/mol. The van der Waals surface area contributed by atoms with Gasteiger partial charge in [0.15, 0.2) is 0 Å². The van der Waals surface area contributed by atoms with Crippen LogP contribution in [0.2, 0.25) is 0 Å². The molecule has 0 bridgehead atoms. The summed E-state index contributed by atoms with van der Waals surface area (Å²) in [5.74, 6) is 0. The van der Waals surface area contributed by atoms with Gasteiger partial charge in [0.05, 0.1) is 4.90 Å². The number of nitrogens with two attached hydrogens (primary N) is 1. The van der Waals surface area contributed by atoms with Gasteiger partial charge >= 0.3 is 0 Å². The molecule has 1 aliphatic carbocycles. The summed E-state index contributed by atoms with van der Waals surface area (Å²) in [6.07, 6.45) is 2.18. The molecular formula is C13H20N2O2S. The van der Waals surface area contributed by atoms with Gasteiger partial charge in [-0.3, -0.25) is 0 Å². The standard InChI is InChI=1S/C13H20N2O2S/c1-9-6-11(14)7-12(10(9)2)18(16,17)15-8-13(3)4-5-13/h6-7,15H,4-5,8,14H2,1-3H3. The van der Waals surface area contributed by atoms with E-state index in [2.05, 4.69) is 11.6 Å². The van der Waals surface area contributed by atoms with Gasteiger partial charge < -0.3 is 5.73 Å². The highest BCUT2D eigenvalue weighted by Gasteiger charge is 2.38. The fourth-order valence-electron chi connectivity index (χ4n) is 1.87. The number of nitrogen functional groups attached to an aromatic ring is 1. The molecule has 0 heterocycles. The van der Waals surface area contributed by atoms with Gasteiger partial charge in [-0.15, -0.1) is 0 Å². The van der Waals surface area contributed by atoms with Crippen LogP contribution in [0.25, 0.3) is 0 Å². The Morgan fingerprint density at radius 3 is 2.50 bits per heavy atom. The monoisotopic (exact) mass is 268 g/mol. The Bertz CT molecular complexity index is 575. The van der Waals surface area contributed by atoms with Gasteiger partial charge in [0, 0.05) is 12.2 Å². The van der Waals surface area contributed by atoms with E-state index < -0.39 is 10.0 Å². The number of nitrogens with one attached hydrogen (secondary N) is 1. The van der Waals surface area contributed by atoms with Crippen molar-refractivity contribution >= 4 is 15.7 Å². The van der Waals surface area contributed by atoms with Crippen molar-refractivity contribution in [3.05, 3.63) is 23.3 Å². The molecule has 0 spiro atoms. The van der Waals surface area contributed by atoms with Gasteiger partial charge in [0.2, 0.25) is 10.0 Å². The number of anilines is 1. The van der Waals surface area contributed by atoms with E-state index in [4.69, 9.17) is 5.73 Å². The summed E-state index contributed by atoms with van der Waals surface area (Å²) < 4.78 is 27.2. The summed E-state index contributed by atoms with van der Waals surface area (Å²) in [4.78, 5) is 0.296. The van der Waals surface area contributed by atoms with Crippen LogP contribution in [0.15, 0.2) is 17.0 Å². The fourth-order valence-corrected chi connectivity index (χ4v) is 3.42. The summed E-state index contributed by atoms with van der Waals surface area (Å²) in [6.45, 7) is 6.27. The van der Waals surface area contributed by atoms with E-state index in [1.165, 1.54) is 6.07 Å². The zero-order chi connectivity index (χ0) is 13.6. The van der Waals surface area contributed by atoms with Crippen LogP contribution in [0.1, 0.15) is 30.9 Å². The zero-order valence-corrected chi connectivity index (χ0v) is 11.9. The average molecular weight is 268 g/mol. The molecule has 0 saturated heterocycles. The second-order valence-electron chi connectivity index (χ2n) is 5.60. The predicted octanol–water partition coefficient (Wildman–Crippen LogP) is 1.96. The highest BCUT2D eigenvalue weighted by atomic mass is 32.2. The molecule has 1 aromatic rings. The first-order valence-corrected chi connectivity index (χ1v) is 7.58. The molecule has 1 aromatic carbocycles. The lowest BCUT2D eigenvalue weighted by atomic mass is 10.1. The molecule has 0 aromatic heterocycles. The van der Waals surface area contributed by atoms with Crippen LogP contribution in [0, 0.1) is 19.3 Å². The number of aryl methyl sites for hydroxylation is 1. The molecule has 0 amide bonds. The molecule has 0 atom stereocenters. The molecule has 0 radical (unpaired) electrons. The molecule has 1 fully saturated rings. The third-order valence-corrected chi connectivity index (χ3v) is 5.25. The lowest BCUT2D eigenvalue weighted by Gasteiger charge is -2.14. The smallest absolute Gasteiger partial charge is 0.240 e. The van der Waals surface area contributed by atoms with Crippen molar-refractivity contribution < 1.29 is 8.42 Å². The van der Waals surface area contributed by atoms with Gasteiger partial charge in [0.25, 0.3) is 0 Å². The second-order valence-corrected chi connectivity index (χ2v) is 7.33. The van der Waals surface area contributed by atoms with Crippen LogP contribution in [-0.4, -0.2) is 15.0 Å². The molecule has 18 heavy (non-hydrogen) atoms. The third-order valence-electron chi connectivity index (χ3n) is 3.72. The van der Waals surface area contributed by atoms with E-state index in [1.807, 2.05) is 13.8 Å². The number of benzene rings is 1. The van der Waals surface area contributed by atoms with Crippen LogP contribution in [-0.2, 0) is 10.0 Å². The van der Waals surface area contributed by atoms with Crippen molar-refractivity contribution in [3.63, 3.8) is 0 Å². The SMILES string of the molecule is Cc1cc(N)cc(S(=O)(=O)NCC2(C)CC2)c1C. The van der Waals surface area contributed by atoms with E-state index in [0.29, 0.717) is 17.1 Å². The molecule has 2 rings (SSSR count). The van der Waals surface area contributed by atoms with E-state index in [0.717, 1.165) is 24.0 Å². The maximum absolute atomic E-state index is 12.3. The number of rotatable bonds is 4. The van der Waals surface area contributed by atoms with Crippen LogP contribution < -0.4 is 10.5 Å².